The fraction of sp³-hybridized carbons (Fsp3) is 0.125. The number of ether oxygens (including phenoxy) is 3. The van der Waals surface area contributed by atoms with Gasteiger partial charge in [0, 0.05) is 22.4 Å². The summed E-state index contributed by atoms with van der Waals surface area (Å²) in [6, 6.07) is 18.8. The van der Waals surface area contributed by atoms with E-state index in [2.05, 4.69) is 15.8 Å². The molecular formula is C24H23N3O5. The van der Waals surface area contributed by atoms with Crippen molar-refractivity contribution in [3.05, 3.63) is 83.4 Å². The molecule has 0 aliphatic heterocycles. The lowest BCUT2D eigenvalue weighted by Crippen LogP contribution is -2.18. The SMILES string of the molecule is COc1cc(/C=N/NC(=O)c2ccc(NC(=O)c3ccccc3)cc2)cc(OC)c1OC. The Labute approximate surface area is 185 Å². The summed E-state index contributed by atoms with van der Waals surface area (Å²) in [4.78, 5) is 24.6. The van der Waals surface area contributed by atoms with Gasteiger partial charge in [-0.05, 0) is 48.5 Å². The molecule has 0 radical (unpaired) electrons. The van der Waals surface area contributed by atoms with Crippen LogP contribution < -0.4 is 25.0 Å². The van der Waals surface area contributed by atoms with Gasteiger partial charge in [-0.3, -0.25) is 9.59 Å². The number of carbonyl (C=O) groups excluding carboxylic acids is 2. The van der Waals surface area contributed by atoms with Crippen LogP contribution in [-0.2, 0) is 0 Å². The molecule has 0 spiro atoms. The van der Waals surface area contributed by atoms with E-state index in [9.17, 15) is 9.59 Å². The number of hydrogen-bond donors (Lipinski definition) is 2. The van der Waals surface area contributed by atoms with Crippen LogP contribution in [0.5, 0.6) is 17.2 Å². The smallest absolute Gasteiger partial charge is 0.271 e. The highest BCUT2D eigenvalue weighted by Crippen LogP contribution is 2.37. The van der Waals surface area contributed by atoms with Gasteiger partial charge in [0.15, 0.2) is 11.5 Å². The highest BCUT2D eigenvalue weighted by Gasteiger charge is 2.12. The van der Waals surface area contributed by atoms with E-state index in [1.54, 1.807) is 60.7 Å². The molecule has 32 heavy (non-hydrogen) atoms. The first-order chi connectivity index (χ1) is 15.5. The van der Waals surface area contributed by atoms with Crippen LogP contribution in [0.3, 0.4) is 0 Å². The molecular weight excluding hydrogens is 410 g/mol. The minimum absolute atomic E-state index is 0.224. The number of anilines is 1. The van der Waals surface area contributed by atoms with E-state index in [1.165, 1.54) is 27.5 Å². The van der Waals surface area contributed by atoms with Gasteiger partial charge in [-0.15, -0.1) is 0 Å². The van der Waals surface area contributed by atoms with Gasteiger partial charge in [0.25, 0.3) is 11.8 Å². The maximum absolute atomic E-state index is 12.4. The highest BCUT2D eigenvalue weighted by molar-refractivity contribution is 6.04. The maximum atomic E-state index is 12.4. The van der Waals surface area contributed by atoms with Crippen molar-refractivity contribution in [2.24, 2.45) is 5.10 Å². The second kappa shape index (κ2) is 10.6. The summed E-state index contributed by atoms with van der Waals surface area (Å²) < 4.78 is 15.9. The van der Waals surface area contributed by atoms with Gasteiger partial charge in [-0.2, -0.15) is 5.10 Å². The molecule has 0 bridgehead atoms. The van der Waals surface area contributed by atoms with E-state index < -0.39 is 5.91 Å². The zero-order valence-electron chi connectivity index (χ0n) is 17.9. The third-order valence-electron chi connectivity index (χ3n) is 4.51. The number of benzene rings is 3. The first kappa shape index (κ1) is 22.4. The average molecular weight is 433 g/mol. The molecule has 3 rings (SSSR count). The molecule has 3 aromatic carbocycles. The number of hydrazone groups is 1. The Hall–Kier alpha value is -4.33. The standard InChI is InChI=1S/C24H23N3O5/c1-30-20-13-16(14-21(31-2)22(20)32-3)15-25-27-24(29)18-9-11-19(12-10-18)26-23(28)17-7-5-4-6-8-17/h4-15H,1-3H3,(H,26,28)(H,27,29)/b25-15+. The molecule has 0 aromatic heterocycles. The van der Waals surface area contributed by atoms with Crippen molar-refractivity contribution in [2.45, 2.75) is 0 Å². The van der Waals surface area contributed by atoms with Gasteiger partial charge in [0.1, 0.15) is 0 Å². The Bertz CT molecular complexity index is 1090. The second-order valence-electron chi connectivity index (χ2n) is 6.56. The lowest BCUT2D eigenvalue weighted by molar-refractivity contribution is 0.0954. The quantitative estimate of drug-likeness (QED) is 0.417. The third kappa shape index (κ3) is 5.42. The molecule has 0 saturated carbocycles. The molecule has 0 aliphatic carbocycles. The summed E-state index contributed by atoms with van der Waals surface area (Å²) in [6.07, 6.45) is 1.47. The minimum Gasteiger partial charge on any atom is -0.493 e. The summed E-state index contributed by atoms with van der Waals surface area (Å²) in [5.41, 5.74) is 4.64. The van der Waals surface area contributed by atoms with Gasteiger partial charge in [0.05, 0.1) is 27.5 Å². The van der Waals surface area contributed by atoms with Gasteiger partial charge in [-0.1, -0.05) is 18.2 Å². The van der Waals surface area contributed by atoms with E-state index in [4.69, 9.17) is 14.2 Å². The van der Waals surface area contributed by atoms with Crippen LogP contribution in [0, 0.1) is 0 Å². The molecule has 0 unspecified atom stereocenters. The van der Waals surface area contributed by atoms with E-state index in [0.29, 0.717) is 39.6 Å². The molecule has 8 nitrogen and oxygen atoms in total. The van der Waals surface area contributed by atoms with Crippen molar-refractivity contribution in [1.82, 2.24) is 5.43 Å². The number of hydrogen-bond acceptors (Lipinski definition) is 6. The minimum atomic E-state index is -0.394. The average Bonchev–Trinajstić information content (AvgIpc) is 2.84. The highest BCUT2D eigenvalue weighted by atomic mass is 16.5. The molecule has 3 aromatic rings. The van der Waals surface area contributed by atoms with Crippen molar-refractivity contribution in [3.8, 4) is 17.2 Å². The van der Waals surface area contributed by atoms with Crippen molar-refractivity contribution < 1.29 is 23.8 Å². The summed E-state index contributed by atoms with van der Waals surface area (Å²) >= 11 is 0. The predicted molar refractivity (Wildman–Crippen MR) is 122 cm³/mol. The Morgan fingerprint density at radius 3 is 1.94 bits per heavy atom. The van der Waals surface area contributed by atoms with Crippen LogP contribution >= 0.6 is 0 Å². The molecule has 8 heteroatoms. The van der Waals surface area contributed by atoms with E-state index in [1.807, 2.05) is 6.07 Å². The maximum Gasteiger partial charge on any atom is 0.271 e. The molecule has 2 N–H and O–H groups in total. The molecule has 0 heterocycles. The lowest BCUT2D eigenvalue weighted by Gasteiger charge is -2.12. The lowest BCUT2D eigenvalue weighted by atomic mass is 10.1. The monoisotopic (exact) mass is 433 g/mol. The number of methoxy groups -OCH3 is 3. The van der Waals surface area contributed by atoms with Gasteiger partial charge < -0.3 is 19.5 Å². The zero-order chi connectivity index (χ0) is 22.9. The van der Waals surface area contributed by atoms with Crippen molar-refractivity contribution in [3.63, 3.8) is 0 Å². The number of amides is 2. The Kier molecular flexibility index (Phi) is 7.42. The first-order valence-electron chi connectivity index (χ1n) is 9.65. The van der Waals surface area contributed by atoms with Crippen molar-refractivity contribution in [2.75, 3.05) is 26.6 Å². The van der Waals surface area contributed by atoms with Crippen molar-refractivity contribution in [1.29, 1.82) is 0 Å². The summed E-state index contributed by atoms with van der Waals surface area (Å²) in [5.74, 6) is 0.809. The Morgan fingerprint density at radius 1 is 0.781 bits per heavy atom. The summed E-state index contributed by atoms with van der Waals surface area (Å²) in [7, 11) is 4.56. The third-order valence-corrected chi connectivity index (χ3v) is 4.51. The van der Waals surface area contributed by atoms with E-state index >= 15 is 0 Å². The molecule has 0 fully saturated rings. The van der Waals surface area contributed by atoms with Crippen LogP contribution in [-0.4, -0.2) is 39.4 Å². The molecule has 164 valence electrons. The summed E-state index contributed by atoms with van der Waals surface area (Å²) in [6.45, 7) is 0. The number of rotatable bonds is 8. The van der Waals surface area contributed by atoms with Crippen LogP contribution in [0.2, 0.25) is 0 Å². The largest absolute Gasteiger partial charge is 0.493 e. The Balaban J connectivity index is 1.63. The number of nitrogens with one attached hydrogen (secondary N) is 2. The molecule has 0 saturated heterocycles. The van der Waals surface area contributed by atoms with Crippen molar-refractivity contribution >= 4 is 23.7 Å². The molecule has 2 amide bonds. The second-order valence-corrected chi connectivity index (χ2v) is 6.56. The summed E-state index contributed by atoms with van der Waals surface area (Å²) in [5, 5.41) is 6.77. The van der Waals surface area contributed by atoms with Crippen LogP contribution in [0.4, 0.5) is 5.69 Å². The fourth-order valence-electron chi connectivity index (χ4n) is 2.90. The normalized spacial score (nSPS) is 10.5. The number of carbonyl (C=O) groups is 2. The van der Waals surface area contributed by atoms with Gasteiger partial charge in [0.2, 0.25) is 5.75 Å². The molecule has 0 aliphatic rings. The van der Waals surface area contributed by atoms with Crippen LogP contribution in [0.1, 0.15) is 26.3 Å². The fourth-order valence-corrected chi connectivity index (χ4v) is 2.90. The number of nitrogens with zero attached hydrogens (tertiary/aromatic N) is 1. The topological polar surface area (TPSA) is 98.2 Å². The van der Waals surface area contributed by atoms with E-state index in [-0.39, 0.29) is 5.91 Å². The first-order valence-corrected chi connectivity index (χ1v) is 9.65. The van der Waals surface area contributed by atoms with Crippen LogP contribution in [0.15, 0.2) is 71.8 Å². The van der Waals surface area contributed by atoms with E-state index in [0.717, 1.165) is 0 Å². The van der Waals surface area contributed by atoms with Gasteiger partial charge >= 0.3 is 0 Å². The Morgan fingerprint density at radius 2 is 1.38 bits per heavy atom. The predicted octanol–water partition coefficient (Wildman–Crippen LogP) is 3.73. The van der Waals surface area contributed by atoms with Crippen LogP contribution in [0.25, 0.3) is 0 Å². The van der Waals surface area contributed by atoms with Gasteiger partial charge in [-0.25, -0.2) is 5.43 Å². The zero-order valence-corrected chi connectivity index (χ0v) is 17.9. The molecule has 0 atom stereocenters.